The number of aromatic nitrogens is 2. The molecule has 0 amide bonds. The van der Waals surface area contributed by atoms with E-state index < -0.39 is 5.41 Å². The summed E-state index contributed by atoms with van der Waals surface area (Å²) in [6.07, 6.45) is 2.94. The Hall–Kier alpha value is -3.34. The predicted octanol–water partition coefficient (Wildman–Crippen LogP) is 9.38. The zero-order chi connectivity index (χ0) is 29.5. The molecule has 0 saturated heterocycles. The summed E-state index contributed by atoms with van der Waals surface area (Å²) < 4.78 is 6.20. The van der Waals surface area contributed by atoms with Crippen molar-refractivity contribution in [1.82, 2.24) is 9.97 Å². The number of aliphatic hydroxyl groups is 1. The molecular formula is C35H39IrN2O3-. The van der Waals surface area contributed by atoms with E-state index in [-0.39, 0.29) is 42.5 Å². The van der Waals surface area contributed by atoms with Crippen LogP contribution in [0.15, 0.2) is 77.2 Å². The average molecular weight is 728 g/mol. The molecule has 0 bridgehead atoms. The molecule has 3 aromatic carbocycles. The van der Waals surface area contributed by atoms with Crippen molar-refractivity contribution in [2.45, 2.75) is 67.7 Å². The molecule has 5 nitrogen and oxygen atoms in total. The summed E-state index contributed by atoms with van der Waals surface area (Å²) in [6.45, 7) is 17.7. The van der Waals surface area contributed by atoms with Gasteiger partial charge in [0.1, 0.15) is 28.8 Å². The number of carbonyl (C=O) groups is 1. The van der Waals surface area contributed by atoms with Crippen LogP contribution in [0, 0.1) is 16.9 Å². The van der Waals surface area contributed by atoms with Crippen LogP contribution < -0.4 is 0 Å². The fourth-order valence-electron chi connectivity index (χ4n) is 4.13. The topological polar surface area (TPSA) is 76.2 Å². The normalized spacial score (nSPS) is 12.7. The molecule has 2 aromatic heterocycles. The second kappa shape index (κ2) is 11.9. The van der Waals surface area contributed by atoms with Gasteiger partial charge in [-0.3, -0.25) is 9.78 Å². The molecule has 0 saturated carbocycles. The number of furan rings is 1. The van der Waals surface area contributed by atoms with E-state index in [0.29, 0.717) is 5.58 Å². The van der Waals surface area contributed by atoms with Gasteiger partial charge in [-0.1, -0.05) is 92.6 Å². The van der Waals surface area contributed by atoms with Gasteiger partial charge in [0.2, 0.25) is 0 Å². The summed E-state index contributed by atoms with van der Waals surface area (Å²) in [5.74, 6) is 0.104. The van der Waals surface area contributed by atoms with Gasteiger partial charge in [0.15, 0.2) is 5.78 Å². The van der Waals surface area contributed by atoms with E-state index in [2.05, 4.69) is 67.1 Å². The molecule has 41 heavy (non-hydrogen) atoms. The van der Waals surface area contributed by atoms with Crippen LogP contribution in [0.3, 0.4) is 0 Å². The molecule has 0 aliphatic heterocycles. The van der Waals surface area contributed by atoms with Gasteiger partial charge >= 0.3 is 0 Å². The first-order valence-electron chi connectivity index (χ1n) is 13.6. The van der Waals surface area contributed by atoms with Crippen molar-refractivity contribution >= 4 is 38.6 Å². The molecule has 0 unspecified atom stereocenters. The van der Waals surface area contributed by atoms with Crippen LogP contribution in [-0.4, -0.2) is 20.9 Å². The Labute approximate surface area is 256 Å². The van der Waals surface area contributed by atoms with Crippen molar-refractivity contribution in [3.05, 3.63) is 84.4 Å². The zero-order valence-electron chi connectivity index (χ0n) is 25.3. The first kappa shape index (κ1) is 32.2. The van der Waals surface area contributed by atoms with Crippen LogP contribution in [0.1, 0.15) is 67.9 Å². The number of rotatable bonds is 2. The minimum Gasteiger partial charge on any atom is -0.512 e. The molecule has 0 aliphatic carbocycles. The Morgan fingerprint density at radius 2 is 1.56 bits per heavy atom. The molecule has 5 aromatic rings. The van der Waals surface area contributed by atoms with Gasteiger partial charge in [0.25, 0.3) is 0 Å². The summed E-state index contributed by atoms with van der Waals surface area (Å²) in [6, 6.07) is 22.0. The predicted molar refractivity (Wildman–Crippen MR) is 164 cm³/mol. The molecule has 6 heteroatoms. The van der Waals surface area contributed by atoms with E-state index in [1.165, 1.54) is 17.0 Å². The molecule has 0 aliphatic rings. The van der Waals surface area contributed by atoms with Crippen molar-refractivity contribution in [2.75, 3.05) is 0 Å². The molecule has 5 rings (SSSR count). The van der Waals surface area contributed by atoms with Crippen molar-refractivity contribution in [3.8, 4) is 11.3 Å². The van der Waals surface area contributed by atoms with Crippen molar-refractivity contribution in [1.29, 1.82) is 0 Å². The Bertz CT molecular complexity index is 1710. The van der Waals surface area contributed by atoms with E-state index in [4.69, 9.17) is 4.42 Å². The maximum Gasteiger partial charge on any atom is 0.164 e. The molecule has 0 spiro atoms. The third kappa shape index (κ3) is 7.12. The van der Waals surface area contributed by atoms with Gasteiger partial charge in [0, 0.05) is 42.7 Å². The van der Waals surface area contributed by atoms with Crippen LogP contribution in [-0.2, 0) is 30.3 Å². The summed E-state index contributed by atoms with van der Waals surface area (Å²) in [7, 11) is 0. The standard InChI is InChI=1S/C24H19N2O.C11H20O2.Ir/c1-24(2,3)17-11-8-16(9-12-17)21-23-22(26-14-25-21)20-18-7-5-4-6-15(18)10-13-19(20)27-23;1-10(2,3)8(12)7-9(13)11(4,5)6;/h4-8,10-14H,1-3H3;7,12H,1-6H3;/q-1;;/b;8-7-;. The number of aliphatic hydroxyl groups excluding tert-OH is 1. The van der Waals surface area contributed by atoms with Crippen molar-refractivity contribution in [3.63, 3.8) is 0 Å². The van der Waals surface area contributed by atoms with Gasteiger partial charge < -0.3 is 9.52 Å². The number of nitrogens with zero attached hydrogens (tertiary/aromatic N) is 2. The Kier molecular flexibility index (Phi) is 9.32. The number of carbonyl (C=O) groups excluding carboxylic acids is 1. The smallest absolute Gasteiger partial charge is 0.164 e. The van der Waals surface area contributed by atoms with Gasteiger partial charge in [-0.15, -0.1) is 35.4 Å². The molecule has 2 heterocycles. The monoisotopic (exact) mass is 728 g/mol. The van der Waals surface area contributed by atoms with Gasteiger partial charge in [0.05, 0.1) is 5.39 Å². The SMILES string of the molecule is CC(C)(C)C(=O)/C=C(\O)C(C)(C)C.CC(C)(C)c1c[c-]c(-c2ncnc3c2oc2ccc4ccccc4c23)cc1.[Ir]. The van der Waals surface area contributed by atoms with Crippen molar-refractivity contribution in [2.24, 2.45) is 10.8 Å². The van der Waals surface area contributed by atoms with Crippen LogP contribution in [0.4, 0.5) is 0 Å². The van der Waals surface area contributed by atoms with E-state index in [1.54, 1.807) is 6.33 Å². The van der Waals surface area contributed by atoms with E-state index in [0.717, 1.165) is 33.1 Å². The maximum absolute atomic E-state index is 11.5. The van der Waals surface area contributed by atoms with E-state index in [9.17, 15) is 9.90 Å². The quantitative estimate of drug-likeness (QED) is 0.111. The molecule has 0 atom stereocenters. The minimum atomic E-state index is -0.417. The minimum absolute atomic E-state index is 0. The third-order valence-electron chi connectivity index (χ3n) is 6.85. The summed E-state index contributed by atoms with van der Waals surface area (Å²) in [4.78, 5) is 20.5. The zero-order valence-corrected chi connectivity index (χ0v) is 27.7. The second-order valence-corrected chi connectivity index (χ2v) is 13.3. The fourth-order valence-corrected chi connectivity index (χ4v) is 4.13. The number of ketones is 1. The fraction of sp³-hybridized carbons (Fsp3) is 0.343. The van der Waals surface area contributed by atoms with Gasteiger partial charge in [-0.2, -0.15) is 0 Å². The first-order valence-corrected chi connectivity index (χ1v) is 13.6. The number of fused-ring (bicyclic) bond motifs is 5. The maximum atomic E-state index is 11.5. The van der Waals surface area contributed by atoms with Gasteiger partial charge in [-0.25, -0.2) is 4.98 Å². The second-order valence-electron chi connectivity index (χ2n) is 13.3. The van der Waals surface area contributed by atoms with Crippen LogP contribution >= 0.6 is 0 Å². The van der Waals surface area contributed by atoms with Crippen LogP contribution in [0.2, 0.25) is 0 Å². The Morgan fingerprint density at radius 1 is 0.878 bits per heavy atom. The summed E-state index contributed by atoms with van der Waals surface area (Å²) in [5, 5.41) is 12.9. The first-order chi connectivity index (χ1) is 18.6. The summed E-state index contributed by atoms with van der Waals surface area (Å²) in [5.41, 5.74) is 4.65. The van der Waals surface area contributed by atoms with Crippen LogP contribution in [0.5, 0.6) is 0 Å². The number of allylic oxidation sites excluding steroid dienone is 2. The molecule has 0 fully saturated rings. The molecule has 1 radical (unpaired) electrons. The molecule has 1 N–H and O–H groups in total. The van der Waals surface area contributed by atoms with Crippen molar-refractivity contribution < 1.29 is 34.4 Å². The summed E-state index contributed by atoms with van der Waals surface area (Å²) >= 11 is 0. The van der Waals surface area contributed by atoms with Gasteiger partial charge in [-0.05, 0) is 22.3 Å². The molecule has 217 valence electrons. The van der Waals surface area contributed by atoms with E-state index in [1.807, 2.05) is 65.8 Å². The average Bonchev–Trinajstić information content (AvgIpc) is 3.27. The Balaban J connectivity index is 0.000000284. The van der Waals surface area contributed by atoms with Crippen LogP contribution in [0.25, 0.3) is 44.1 Å². The number of benzene rings is 3. The molecular weight excluding hydrogens is 689 g/mol. The third-order valence-corrected chi connectivity index (χ3v) is 6.85. The number of hydrogen-bond acceptors (Lipinski definition) is 5. The largest absolute Gasteiger partial charge is 0.512 e. The Morgan fingerprint density at radius 3 is 2.15 bits per heavy atom. The van der Waals surface area contributed by atoms with E-state index >= 15 is 0 Å². The number of hydrogen-bond donors (Lipinski definition) is 1.